The highest BCUT2D eigenvalue weighted by molar-refractivity contribution is 9.09. The first-order valence-electron chi connectivity index (χ1n) is 5.69. The van der Waals surface area contributed by atoms with Crippen LogP contribution in [0.15, 0.2) is 42.6 Å². The summed E-state index contributed by atoms with van der Waals surface area (Å²) in [6.45, 7) is 0. The zero-order valence-electron chi connectivity index (χ0n) is 10.4. The van der Waals surface area contributed by atoms with Crippen molar-refractivity contribution in [3.63, 3.8) is 0 Å². The quantitative estimate of drug-likeness (QED) is 0.881. The number of hydrogen-bond donors (Lipinski definition) is 1. The minimum atomic E-state index is -0.0873. The number of nitrogens with one attached hydrogen (secondary N) is 1. The van der Waals surface area contributed by atoms with E-state index in [1.807, 2.05) is 30.3 Å². The Bertz CT molecular complexity index is 587. The fourth-order valence-corrected chi connectivity index (χ4v) is 1.79. The largest absolute Gasteiger partial charge is 0.497 e. The number of aromatic nitrogens is 1. The maximum absolute atomic E-state index is 11.3. The van der Waals surface area contributed by atoms with E-state index in [9.17, 15) is 4.79 Å². The Kier molecular flexibility index (Phi) is 4.52. The van der Waals surface area contributed by atoms with Gasteiger partial charge >= 0.3 is 0 Å². The van der Waals surface area contributed by atoms with Gasteiger partial charge < -0.3 is 10.1 Å². The second-order valence-electron chi connectivity index (χ2n) is 3.84. The molecule has 0 saturated heterocycles. The number of rotatable bonds is 4. The van der Waals surface area contributed by atoms with Crippen LogP contribution in [0.1, 0.15) is 0 Å². The molecule has 0 bridgehead atoms. The van der Waals surface area contributed by atoms with Gasteiger partial charge in [0.2, 0.25) is 5.91 Å². The number of alkyl halides is 1. The van der Waals surface area contributed by atoms with Crippen LogP contribution in [-0.2, 0) is 4.79 Å². The molecule has 0 aliphatic rings. The summed E-state index contributed by atoms with van der Waals surface area (Å²) in [5.41, 5.74) is 2.46. The fourth-order valence-electron chi connectivity index (χ4n) is 1.65. The molecule has 0 atom stereocenters. The van der Waals surface area contributed by atoms with Gasteiger partial charge in [0.1, 0.15) is 5.75 Å². The van der Waals surface area contributed by atoms with Gasteiger partial charge in [0.25, 0.3) is 0 Å². The average molecular weight is 321 g/mol. The molecule has 4 nitrogen and oxygen atoms in total. The number of ether oxygens (including phenoxy) is 1. The van der Waals surface area contributed by atoms with Crippen LogP contribution in [-0.4, -0.2) is 23.3 Å². The van der Waals surface area contributed by atoms with Crippen LogP contribution in [0.5, 0.6) is 5.75 Å². The molecule has 0 radical (unpaired) electrons. The van der Waals surface area contributed by atoms with Crippen molar-refractivity contribution >= 4 is 27.5 Å². The van der Waals surface area contributed by atoms with Gasteiger partial charge in [-0.15, -0.1) is 0 Å². The molecule has 0 aliphatic heterocycles. The third-order valence-electron chi connectivity index (χ3n) is 2.53. The number of hydrogen-bond acceptors (Lipinski definition) is 3. The summed E-state index contributed by atoms with van der Waals surface area (Å²) in [5, 5.41) is 3.06. The highest BCUT2D eigenvalue weighted by atomic mass is 79.9. The number of halogens is 1. The van der Waals surface area contributed by atoms with E-state index in [0.29, 0.717) is 0 Å². The average Bonchev–Trinajstić information content (AvgIpc) is 2.47. The number of carbonyl (C=O) groups excluding carboxylic acids is 1. The zero-order valence-corrected chi connectivity index (χ0v) is 12.0. The highest BCUT2D eigenvalue weighted by Gasteiger charge is 2.04. The molecule has 1 heterocycles. The van der Waals surface area contributed by atoms with Crippen LogP contribution in [0.25, 0.3) is 11.3 Å². The van der Waals surface area contributed by atoms with Crippen molar-refractivity contribution in [2.24, 2.45) is 0 Å². The van der Waals surface area contributed by atoms with Gasteiger partial charge in [0.05, 0.1) is 18.1 Å². The molecule has 5 heteroatoms. The second kappa shape index (κ2) is 6.33. The molecule has 98 valence electrons. The first kappa shape index (κ1) is 13.5. The van der Waals surface area contributed by atoms with Crippen molar-refractivity contribution in [1.29, 1.82) is 0 Å². The van der Waals surface area contributed by atoms with E-state index >= 15 is 0 Å². The van der Waals surface area contributed by atoms with Gasteiger partial charge in [-0.3, -0.25) is 9.78 Å². The number of amides is 1. The standard InChI is InChI=1S/C14H13BrN2O2/c1-19-12-5-6-16-13(8-12)10-3-2-4-11(7-10)17-14(18)9-15/h2-8H,9H2,1H3,(H,17,18). The SMILES string of the molecule is COc1ccnc(-c2cccc(NC(=O)CBr)c2)c1. The fraction of sp³-hybridized carbons (Fsp3) is 0.143. The minimum Gasteiger partial charge on any atom is -0.497 e. The van der Waals surface area contributed by atoms with E-state index in [2.05, 4.69) is 26.2 Å². The van der Waals surface area contributed by atoms with Gasteiger partial charge in [-0.2, -0.15) is 0 Å². The first-order chi connectivity index (χ1) is 9.22. The van der Waals surface area contributed by atoms with Crippen molar-refractivity contribution in [1.82, 2.24) is 4.98 Å². The van der Waals surface area contributed by atoms with E-state index in [0.717, 1.165) is 22.7 Å². The minimum absolute atomic E-state index is 0.0873. The predicted octanol–water partition coefficient (Wildman–Crippen LogP) is 3.09. The summed E-state index contributed by atoms with van der Waals surface area (Å²) in [7, 11) is 1.62. The highest BCUT2D eigenvalue weighted by Crippen LogP contribution is 2.23. The van der Waals surface area contributed by atoms with Crippen LogP contribution in [0.3, 0.4) is 0 Å². The van der Waals surface area contributed by atoms with E-state index < -0.39 is 0 Å². The lowest BCUT2D eigenvalue weighted by Gasteiger charge is -2.07. The Morgan fingerprint density at radius 2 is 2.21 bits per heavy atom. The lowest BCUT2D eigenvalue weighted by Crippen LogP contribution is -2.12. The Labute approximate surface area is 119 Å². The number of carbonyl (C=O) groups is 1. The summed E-state index contributed by atoms with van der Waals surface area (Å²) in [6, 6.07) is 11.2. The maximum atomic E-state index is 11.3. The maximum Gasteiger partial charge on any atom is 0.235 e. The van der Waals surface area contributed by atoms with Crippen LogP contribution in [0, 0.1) is 0 Å². The molecule has 1 amide bonds. The Balaban J connectivity index is 2.29. The van der Waals surface area contributed by atoms with Gasteiger partial charge in [-0.25, -0.2) is 0 Å². The van der Waals surface area contributed by atoms with Gasteiger partial charge in [0.15, 0.2) is 0 Å². The summed E-state index contributed by atoms with van der Waals surface area (Å²) in [4.78, 5) is 15.6. The van der Waals surface area contributed by atoms with Crippen molar-refractivity contribution < 1.29 is 9.53 Å². The lowest BCUT2D eigenvalue weighted by atomic mass is 10.1. The number of methoxy groups -OCH3 is 1. The van der Waals surface area contributed by atoms with Crippen LogP contribution < -0.4 is 10.1 Å². The van der Waals surface area contributed by atoms with Crippen molar-refractivity contribution in [3.8, 4) is 17.0 Å². The molecular formula is C14H13BrN2O2. The first-order valence-corrected chi connectivity index (χ1v) is 6.81. The van der Waals surface area contributed by atoms with Crippen molar-refractivity contribution in [3.05, 3.63) is 42.6 Å². The molecule has 1 N–H and O–H groups in total. The zero-order chi connectivity index (χ0) is 13.7. The number of benzene rings is 1. The number of anilines is 1. The van der Waals surface area contributed by atoms with Crippen LogP contribution in [0.4, 0.5) is 5.69 Å². The van der Waals surface area contributed by atoms with Gasteiger partial charge in [-0.1, -0.05) is 28.1 Å². The normalized spacial score (nSPS) is 10.0. The summed E-state index contributed by atoms with van der Waals surface area (Å²) in [6.07, 6.45) is 1.69. The van der Waals surface area contributed by atoms with E-state index in [1.165, 1.54) is 0 Å². The summed E-state index contributed by atoms with van der Waals surface area (Å²) in [5.74, 6) is 0.663. The summed E-state index contributed by atoms with van der Waals surface area (Å²) >= 11 is 3.11. The molecule has 2 aromatic rings. The lowest BCUT2D eigenvalue weighted by molar-refractivity contribution is -0.113. The molecule has 2 rings (SSSR count). The number of pyridine rings is 1. The van der Waals surface area contributed by atoms with Gasteiger partial charge in [0, 0.05) is 23.5 Å². The molecule has 1 aromatic carbocycles. The van der Waals surface area contributed by atoms with Gasteiger partial charge in [-0.05, 0) is 18.2 Å². The second-order valence-corrected chi connectivity index (χ2v) is 4.40. The molecular weight excluding hydrogens is 308 g/mol. The van der Waals surface area contributed by atoms with E-state index in [1.54, 1.807) is 19.4 Å². The molecule has 0 fully saturated rings. The molecule has 0 unspecified atom stereocenters. The topological polar surface area (TPSA) is 51.2 Å². The predicted molar refractivity (Wildman–Crippen MR) is 78.6 cm³/mol. The molecule has 0 spiro atoms. The monoisotopic (exact) mass is 320 g/mol. The van der Waals surface area contributed by atoms with Crippen LogP contribution in [0.2, 0.25) is 0 Å². The molecule has 0 saturated carbocycles. The van der Waals surface area contributed by atoms with E-state index in [4.69, 9.17) is 4.74 Å². The Hall–Kier alpha value is -1.88. The summed E-state index contributed by atoms with van der Waals surface area (Å²) < 4.78 is 5.17. The van der Waals surface area contributed by atoms with Crippen molar-refractivity contribution in [2.75, 3.05) is 17.8 Å². The molecule has 19 heavy (non-hydrogen) atoms. The van der Waals surface area contributed by atoms with Crippen molar-refractivity contribution in [2.45, 2.75) is 0 Å². The third-order valence-corrected chi connectivity index (χ3v) is 3.04. The number of nitrogens with zero attached hydrogens (tertiary/aromatic N) is 1. The Morgan fingerprint density at radius 1 is 1.37 bits per heavy atom. The Morgan fingerprint density at radius 3 is 2.95 bits per heavy atom. The smallest absolute Gasteiger partial charge is 0.235 e. The molecule has 1 aromatic heterocycles. The van der Waals surface area contributed by atoms with Crippen LogP contribution >= 0.6 is 15.9 Å². The third kappa shape index (κ3) is 3.54. The van der Waals surface area contributed by atoms with E-state index in [-0.39, 0.29) is 11.2 Å². The molecule has 0 aliphatic carbocycles.